The minimum atomic E-state index is 0.282. The second-order valence-electron chi connectivity index (χ2n) is 5.06. The van der Waals surface area contributed by atoms with Crippen molar-refractivity contribution in [1.82, 2.24) is 5.32 Å². The lowest BCUT2D eigenvalue weighted by molar-refractivity contribution is 0.422. The number of nitrogens with two attached hydrogens (primary N) is 1. The van der Waals surface area contributed by atoms with Crippen LogP contribution in [0.3, 0.4) is 0 Å². The fraction of sp³-hybridized carbons (Fsp3) is 0.571. The highest BCUT2D eigenvalue weighted by atomic mass is 79.9. The van der Waals surface area contributed by atoms with E-state index in [0.29, 0.717) is 6.54 Å². The molecular weight excluding hydrogens is 276 g/mol. The average molecular weight is 297 g/mol. The van der Waals surface area contributed by atoms with Gasteiger partial charge < -0.3 is 11.1 Å². The van der Waals surface area contributed by atoms with E-state index in [0.717, 1.165) is 22.9 Å². The number of hydrogen-bond donors (Lipinski definition) is 2. The van der Waals surface area contributed by atoms with Gasteiger partial charge in [-0.15, -0.1) is 0 Å². The quantitative estimate of drug-likeness (QED) is 0.847. The highest BCUT2D eigenvalue weighted by Crippen LogP contribution is 2.36. The third-order valence-corrected chi connectivity index (χ3v) is 4.15. The van der Waals surface area contributed by atoms with Crippen LogP contribution < -0.4 is 11.1 Å². The van der Waals surface area contributed by atoms with Crippen molar-refractivity contribution in [1.29, 1.82) is 0 Å². The van der Waals surface area contributed by atoms with Crippen LogP contribution in [-0.2, 0) is 0 Å². The van der Waals surface area contributed by atoms with Gasteiger partial charge in [-0.2, -0.15) is 0 Å². The summed E-state index contributed by atoms with van der Waals surface area (Å²) in [6, 6.07) is 8.70. The minimum Gasteiger partial charge on any atom is -0.329 e. The maximum atomic E-state index is 5.85. The Morgan fingerprint density at radius 1 is 1.35 bits per heavy atom. The van der Waals surface area contributed by atoms with Crippen molar-refractivity contribution in [3.05, 3.63) is 34.3 Å². The molecule has 0 saturated heterocycles. The summed E-state index contributed by atoms with van der Waals surface area (Å²) in [5.74, 6) is 1.73. The van der Waals surface area contributed by atoms with E-state index in [9.17, 15) is 0 Å². The molecule has 2 unspecified atom stereocenters. The molecule has 1 saturated carbocycles. The summed E-state index contributed by atoms with van der Waals surface area (Å²) >= 11 is 3.45. The van der Waals surface area contributed by atoms with Crippen molar-refractivity contribution in [2.24, 2.45) is 17.6 Å². The highest BCUT2D eigenvalue weighted by molar-refractivity contribution is 9.10. The van der Waals surface area contributed by atoms with Crippen LogP contribution >= 0.6 is 15.9 Å². The van der Waals surface area contributed by atoms with Gasteiger partial charge in [0.1, 0.15) is 0 Å². The van der Waals surface area contributed by atoms with Gasteiger partial charge in [-0.3, -0.25) is 0 Å². The Bertz CT molecular complexity index is 346. The summed E-state index contributed by atoms with van der Waals surface area (Å²) < 4.78 is 1.11. The molecule has 2 rings (SSSR count). The highest BCUT2D eigenvalue weighted by Gasteiger charge is 2.27. The molecule has 1 aliphatic carbocycles. The zero-order chi connectivity index (χ0) is 12.3. The smallest absolute Gasteiger partial charge is 0.0444 e. The van der Waals surface area contributed by atoms with Crippen LogP contribution in [0.2, 0.25) is 0 Å². The van der Waals surface area contributed by atoms with Crippen LogP contribution in [0.25, 0.3) is 0 Å². The van der Waals surface area contributed by atoms with Gasteiger partial charge in [0.15, 0.2) is 0 Å². The lowest BCUT2D eigenvalue weighted by Crippen LogP contribution is -2.32. The van der Waals surface area contributed by atoms with E-state index in [1.165, 1.54) is 18.4 Å². The van der Waals surface area contributed by atoms with Crippen molar-refractivity contribution in [3.63, 3.8) is 0 Å². The van der Waals surface area contributed by atoms with Gasteiger partial charge in [-0.05, 0) is 48.9 Å². The zero-order valence-electron chi connectivity index (χ0n) is 10.3. The van der Waals surface area contributed by atoms with E-state index in [4.69, 9.17) is 5.73 Å². The first-order valence-corrected chi connectivity index (χ1v) is 7.19. The van der Waals surface area contributed by atoms with Crippen molar-refractivity contribution >= 4 is 15.9 Å². The van der Waals surface area contributed by atoms with E-state index in [-0.39, 0.29) is 6.04 Å². The Labute approximate surface area is 112 Å². The van der Waals surface area contributed by atoms with Gasteiger partial charge in [-0.1, -0.05) is 35.0 Å². The van der Waals surface area contributed by atoms with E-state index in [1.807, 2.05) is 0 Å². The lowest BCUT2D eigenvalue weighted by Gasteiger charge is -2.20. The molecule has 0 aromatic heterocycles. The molecule has 1 aliphatic rings. The molecule has 17 heavy (non-hydrogen) atoms. The van der Waals surface area contributed by atoms with Crippen LogP contribution in [-0.4, -0.2) is 13.1 Å². The Balaban J connectivity index is 1.88. The molecule has 0 radical (unpaired) electrons. The molecule has 1 aromatic rings. The minimum absolute atomic E-state index is 0.282. The van der Waals surface area contributed by atoms with E-state index >= 15 is 0 Å². The first-order chi connectivity index (χ1) is 8.20. The molecule has 3 N–H and O–H groups in total. The molecule has 0 aliphatic heterocycles. The SMILES string of the molecule is CC(CNC(CN)c1ccc(Br)cc1)C1CC1. The predicted molar refractivity (Wildman–Crippen MR) is 75.8 cm³/mol. The summed E-state index contributed by atoms with van der Waals surface area (Å²) in [5.41, 5.74) is 7.12. The van der Waals surface area contributed by atoms with Gasteiger partial charge in [0.25, 0.3) is 0 Å². The first kappa shape index (κ1) is 13.1. The molecule has 0 amide bonds. The maximum absolute atomic E-state index is 5.85. The van der Waals surface area contributed by atoms with Crippen molar-refractivity contribution in [3.8, 4) is 0 Å². The van der Waals surface area contributed by atoms with Gasteiger partial charge in [0, 0.05) is 17.1 Å². The molecule has 0 spiro atoms. The third-order valence-electron chi connectivity index (χ3n) is 3.62. The molecule has 0 heterocycles. The van der Waals surface area contributed by atoms with Gasteiger partial charge in [-0.25, -0.2) is 0 Å². The van der Waals surface area contributed by atoms with Crippen LogP contribution in [0.1, 0.15) is 31.4 Å². The maximum Gasteiger partial charge on any atom is 0.0444 e. The monoisotopic (exact) mass is 296 g/mol. The van der Waals surface area contributed by atoms with Crippen LogP contribution in [0.5, 0.6) is 0 Å². The fourth-order valence-corrected chi connectivity index (χ4v) is 2.46. The summed E-state index contributed by atoms with van der Waals surface area (Å²) in [4.78, 5) is 0. The number of halogens is 1. The van der Waals surface area contributed by atoms with Gasteiger partial charge in [0.05, 0.1) is 0 Å². The number of benzene rings is 1. The van der Waals surface area contributed by atoms with E-state index in [1.54, 1.807) is 0 Å². The third kappa shape index (κ3) is 3.80. The number of nitrogens with one attached hydrogen (secondary N) is 1. The van der Waals surface area contributed by atoms with Gasteiger partial charge in [0.2, 0.25) is 0 Å². The van der Waals surface area contributed by atoms with Crippen molar-refractivity contribution in [2.45, 2.75) is 25.8 Å². The summed E-state index contributed by atoms with van der Waals surface area (Å²) in [7, 11) is 0. The van der Waals surface area contributed by atoms with Crippen molar-refractivity contribution in [2.75, 3.05) is 13.1 Å². The first-order valence-electron chi connectivity index (χ1n) is 6.39. The lowest BCUT2D eigenvalue weighted by atomic mass is 10.0. The summed E-state index contributed by atoms with van der Waals surface area (Å²) in [6.45, 7) is 4.06. The molecule has 2 nitrogen and oxygen atoms in total. The van der Waals surface area contributed by atoms with E-state index < -0.39 is 0 Å². The van der Waals surface area contributed by atoms with E-state index in [2.05, 4.69) is 52.4 Å². The molecule has 3 heteroatoms. The molecule has 0 bridgehead atoms. The van der Waals surface area contributed by atoms with Crippen LogP contribution in [0.4, 0.5) is 0 Å². The largest absolute Gasteiger partial charge is 0.329 e. The number of rotatable bonds is 6. The average Bonchev–Trinajstić information content (AvgIpc) is 3.16. The molecule has 94 valence electrons. The Morgan fingerprint density at radius 3 is 2.53 bits per heavy atom. The molecule has 2 atom stereocenters. The zero-order valence-corrected chi connectivity index (χ0v) is 11.9. The van der Waals surface area contributed by atoms with Crippen molar-refractivity contribution < 1.29 is 0 Å². The second kappa shape index (κ2) is 5.98. The standard InChI is InChI=1S/C14H21BrN2/c1-10(11-2-3-11)9-17-14(8-16)12-4-6-13(15)7-5-12/h4-7,10-11,14,17H,2-3,8-9,16H2,1H3. The Morgan fingerprint density at radius 2 is 2.00 bits per heavy atom. The fourth-order valence-electron chi connectivity index (χ4n) is 2.19. The summed E-state index contributed by atoms with van der Waals surface area (Å²) in [6.07, 6.45) is 2.82. The Hall–Kier alpha value is -0.380. The Kier molecular flexibility index (Phi) is 4.60. The summed E-state index contributed by atoms with van der Waals surface area (Å²) in [5, 5.41) is 3.59. The molecule has 1 aromatic carbocycles. The number of hydrogen-bond acceptors (Lipinski definition) is 2. The normalized spacial score (nSPS) is 19.0. The van der Waals surface area contributed by atoms with Crippen LogP contribution in [0, 0.1) is 11.8 Å². The van der Waals surface area contributed by atoms with Crippen LogP contribution in [0.15, 0.2) is 28.7 Å². The van der Waals surface area contributed by atoms with Gasteiger partial charge >= 0.3 is 0 Å². The second-order valence-corrected chi connectivity index (χ2v) is 5.98. The molecule has 1 fully saturated rings. The topological polar surface area (TPSA) is 38.0 Å². The predicted octanol–water partition coefficient (Wildman–Crippen LogP) is 3.08. The molecular formula is C14H21BrN2.